The number of alkyl halides is 2. The Morgan fingerprint density at radius 1 is 1.03 bits per heavy atom. The van der Waals surface area contributed by atoms with Crippen molar-refractivity contribution in [3.8, 4) is 0 Å². The zero-order valence-corrected chi connectivity index (χ0v) is 20.7. The van der Waals surface area contributed by atoms with Gasteiger partial charge in [-0.3, -0.25) is 24.2 Å². The molecule has 3 N–H and O–H groups in total. The van der Waals surface area contributed by atoms with E-state index in [4.69, 9.17) is 0 Å². The first-order chi connectivity index (χ1) is 17.1. The van der Waals surface area contributed by atoms with Crippen LogP contribution in [0.25, 0.3) is 0 Å². The number of carbonyl (C=O) groups excluding carboxylic acids is 4. The minimum absolute atomic E-state index is 0.0619. The van der Waals surface area contributed by atoms with Crippen LogP contribution in [0.1, 0.15) is 76.8 Å². The maximum absolute atomic E-state index is 13.4. The van der Waals surface area contributed by atoms with Gasteiger partial charge in [-0.15, -0.1) is 0 Å². The van der Waals surface area contributed by atoms with E-state index in [1.165, 1.54) is 6.92 Å². The highest BCUT2D eigenvalue weighted by atomic mass is 19.3. The number of hydrogen-bond donors (Lipinski definition) is 3. The normalized spacial score (nSPS) is 20.1. The molecule has 1 aromatic rings. The molecule has 2 aliphatic rings. The number of nitrogens with one attached hydrogen (secondary N) is 3. The second kappa shape index (κ2) is 12.9. The summed E-state index contributed by atoms with van der Waals surface area (Å²) in [5, 5.41) is 7.82. The molecule has 10 heteroatoms. The van der Waals surface area contributed by atoms with Gasteiger partial charge in [0.2, 0.25) is 23.5 Å². The maximum atomic E-state index is 13.4. The van der Waals surface area contributed by atoms with Gasteiger partial charge in [0.05, 0.1) is 18.3 Å². The van der Waals surface area contributed by atoms with Gasteiger partial charge in [0.25, 0.3) is 5.91 Å². The van der Waals surface area contributed by atoms with Crippen molar-refractivity contribution >= 4 is 23.5 Å². The first kappa shape index (κ1) is 27.7. The van der Waals surface area contributed by atoms with E-state index in [0.717, 1.165) is 32.1 Å². The van der Waals surface area contributed by atoms with Crippen molar-refractivity contribution in [2.24, 2.45) is 11.8 Å². The molecule has 36 heavy (non-hydrogen) atoms. The lowest BCUT2D eigenvalue weighted by Gasteiger charge is -2.29. The molecule has 0 bridgehead atoms. The van der Waals surface area contributed by atoms with E-state index in [1.54, 1.807) is 24.4 Å². The van der Waals surface area contributed by atoms with Gasteiger partial charge in [0.1, 0.15) is 6.04 Å². The molecule has 3 amide bonds. The molecule has 8 nitrogen and oxygen atoms in total. The van der Waals surface area contributed by atoms with Crippen molar-refractivity contribution in [1.82, 2.24) is 20.9 Å². The van der Waals surface area contributed by atoms with Crippen molar-refractivity contribution in [3.63, 3.8) is 0 Å². The van der Waals surface area contributed by atoms with E-state index in [2.05, 4.69) is 20.9 Å². The van der Waals surface area contributed by atoms with Crippen LogP contribution in [-0.4, -0.2) is 46.5 Å². The van der Waals surface area contributed by atoms with E-state index >= 15 is 0 Å². The zero-order chi connectivity index (χ0) is 26.1. The molecule has 2 atom stereocenters. The number of rotatable bonds is 10. The standard InChI is InChI=1S/C26H36F2N4O4/c1-17(31-24(35)19-10-12-26(27,28)13-11-19)23(34)32-21(15-18-7-3-2-4-8-18)22(33)25(36)30-16-20-9-5-6-14-29-20/h5-6,9,14,17-19,21H,2-4,7-8,10-13,15-16H2,1H3,(H,30,36)(H,31,35)(H,32,34)/t17-,21-/m1/s1. The molecule has 3 rings (SSSR count). The Balaban J connectivity index is 1.58. The lowest BCUT2D eigenvalue weighted by molar-refractivity contribution is -0.141. The Morgan fingerprint density at radius 2 is 1.72 bits per heavy atom. The summed E-state index contributed by atoms with van der Waals surface area (Å²) in [6.07, 6.45) is 6.41. The number of ketones is 1. The quantitative estimate of drug-likeness (QED) is 0.422. The van der Waals surface area contributed by atoms with Crippen LogP contribution >= 0.6 is 0 Å². The van der Waals surface area contributed by atoms with E-state index in [9.17, 15) is 28.0 Å². The minimum Gasteiger partial charge on any atom is -0.344 e. The fraction of sp³-hybridized carbons (Fsp3) is 0.654. The van der Waals surface area contributed by atoms with Gasteiger partial charge in [-0.2, -0.15) is 0 Å². The van der Waals surface area contributed by atoms with Gasteiger partial charge in [-0.05, 0) is 44.2 Å². The fourth-order valence-corrected chi connectivity index (χ4v) is 4.90. The third-order valence-corrected chi connectivity index (χ3v) is 7.15. The number of aromatic nitrogens is 1. The summed E-state index contributed by atoms with van der Waals surface area (Å²) in [5.41, 5.74) is 0.600. The van der Waals surface area contributed by atoms with Crippen LogP contribution in [0, 0.1) is 11.8 Å². The lowest BCUT2D eigenvalue weighted by Crippen LogP contribution is -2.54. The predicted octanol–water partition coefficient (Wildman–Crippen LogP) is 3.05. The van der Waals surface area contributed by atoms with Gasteiger partial charge in [0, 0.05) is 25.0 Å². The van der Waals surface area contributed by atoms with Gasteiger partial charge in [-0.1, -0.05) is 38.2 Å². The molecule has 0 spiro atoms. The number of hydrogen-bond acceptors (Lipinski definition) is 5. The number of amides is 3. The van der Waals surface area contributed by atoms with Crippen LogP contribution in [-0.2, 0) is 25.7 Å². The van der Waals surface area contributed by atoms with Crippen molar-refractivity contribution in [3.05, 3.63) is 30.1 Å². The van der Waals surface area contributed by atoms with E-state index in [-0.39, 0.29) is 38.1 Å². The number of pyridine rings is 1. The molecular formula is C26H36F2N4O4. The fourth-order valence-electron chi connectivity index (χ4n) is 4.90. The van der Waals surface area contributed by atoms with Crippen molar-refractivity contribution in [2.75, 3.05) is 0 Å². The Bertz CT molecular complexity index is 912. The van der Waals surface area contributed by atoms with E-state index < -0.39 is 47.4 Å². The minimum atomic E-state index is -2.75. The third-order valence-electron chi connectivity index (χ3n) is 7.15. The number of halogens is 2. The lowest BCUT2D eigenvalue weighted by atomic mass is 9.84. The summed E-state index contributed by atoms with van der Waals surface area (Å²) in [7, 11) is 0. The molecule has 0 aliphatic heterocycles. The van der Waals surface area contributed by atoms with Gasteiger partial charge < -0.3 is 16.0 Å². The Kier molecular flexibility index (Phi) is 9.89. The molecule has 0 saturated heterocycles. The van der Waals surface area contributed by atoms with E-state index in [1.807, 2.05) is 0 Å². The Labute approximate surface area is 210 Å². The molecule has 198 valence electrons. The van der Waals surface area contributed by atoms with Crippen molar-refractivity contribution in [2.45, 2.75) is 95.7 Å². The first-order valence-electron chi connectivity index (χ1n) is 12.8. The van der Waals surface area contributed by atoms with Crippen LogP contribution in [0.15, 0.2) is 24.4 Å². The zero-order valence-electron chi connectivity index (χ0n) is 20.7. The Morgan fingerprint density at radius 3 is 2.36 bits per heavy atom. The molecule has 2 fully saturated rings. The molecule has 1 aromatic heterocycles. The van der Waals surface area contributed by atoms with Crippen molar-refractivity contribution in [1.29, 1.82) is 0 Å². The van der Waals surface area contributed by atoms with Crippen LogP contribution in [0.2, 0.25) is 0 Å². The SMILES string of the molecule is C[C@@H](NC(=O)C1CCC(F)(F)CC1)C(=O)N[C@H](CC1CCCCC1)C(=O)C(=O)NCc1ccccn1. The summed E-state index contributed by atoms with van der Waals surface area (Å²) in [6, 6.07) is 3.26. The van der Waals surface area contributed by atoms with Crippen LogP contribution in [0.4, 0.5) is 8.78 Å². The molecule has 2 saturated carbocycles. The molecule has 2 aliphatic carbocycles. The van der Waals surface area contributed by atoms with E-state index in [0.29, 0.717) is 12.1 Å². The number of carbonyl (C=O) groups is 4. The smallest absolute Gasteiger partial charge is 0.289 e. The number of nitrogens with zero attached hydrogens (tertiary/aromatic N) is 1. The summed E-state index contributed by atoms with van der Waals surface area (Å²) >= 11 is 0. The molecule has 0 radical (unpaired) electrons. The second-order valence-corrected chi connectivity index (χ2v) is 10.0. The molecular weight excluding hydrogens is 470 g/mol. The highest BCUT2D eigenvalue weighted by Crippen LogP contribution is 2.36. The summed E-state index contributed by atoms with van der Waals surface area (Å²) in [6.45, 7) is 1.57. The number of Topliss-reactive ketones (excluding diaryl/α,β-unsaturated/α-hetero) is 1. The van der Waals surface area contributed by atoms with Crippen LogP contribution in [0.3, 0.4) is 0 Å². The highest BCUT2D eigenvalue weighted by molar-refractivity contribution is 6.38. The molecule has 0 aromatic carbocycles. The average molecular weight is 507 g/mol. The summed E-state index contributed by atoms with van der Waals surface area (Å²) in [5.74, 6) is -5.68. The second-order valence-electron chi connectivity index (χ2n) is 10.0. The predicted molar refractivity (Wildman–Crippen MR) is 129 cm³/mol. The monoisotopic (exact) mass is 506 g/mol. The van der Waals surface area contributed by atoms with Crippen molar-refractivity contribution < 1.29 is 28.0 Å². The van der Waals surface area contributed by atoms with Gasteiger partial charge in [0.15, 0.2) is 0 Å². The Hall–Kier alpha value is -2.91. The highest BCUT2D eigenvalue weighted by Gasteiger charge is 2.38. The largest absolute Gasteiger partial charge is 0.344 e. The summed E-state index contributed by atoms with van der Waals surface area (Å²) < 4.78 is 26.8. The molecule has 0 unspecified atom stereocenters. The molecule has 1 heterocycles. The van der Waals surface area contributed by atoms with Gasteiger partial charge in [-0.25, -0.2) is 8.78 Å². The average Bonchev–Trinajstić information content (AvgIpc) is 2.87. The van der Waals surface area contributed by atoms with Crippen LogP contribution < -0.4 is 16.0 Å². The van der Waals surface area contributed by atoms with Gasteiger partial charge >= 0.3 is 0 Å². The summed E-state index contributed by atoms with van der Waals surface area (Å²) in [4.78, 5) is 55.2. The maximum Gasteiger partial charge on any atom is 0.289 e. The third kappa shape index (κ3) is 8.34. The topological polar surface area (TPSA) is 117 Å². The first-order valence-corrected chi connectivity index (χ1v) is 12.8. The van der Waals surface area contributed by atoms with Crippen LogP contribution in [0.5, 0.6) is 0 Å².